The van der Waals surface area contributed by atoms with E-state index in [0.717, 1.165) is 5.69 Å². The second-order valence-electron chi connectivity index (χ2n) is 4.51. The Kier molecular flexibility index (Phi) is 6.15. The summed E-state index contributed by atoms with van der Waals surface area (Å²) in [7, 11) is 0. The molecular weight excluding hydrogens is 242 g/mol. The standard InChI is InChI=1S/C14H23N3O2/c1-4-16-14(18)11-5-6-12(15)13(9-11)17-7-8-19-10(2)3/h5-6,9-10,17H,4,7-8,15H2,1-3H3,(H,16,18). The zero-order chi connectivity index (χ0) is 14.3. The molecule has 0 aliphatic heterocycles. The number of nitrogens with two attached hydrogens (primary N) is 1. The van der Waals surface area contributed by atoms with E-state index in [1.807, 2.05) is 20.8 Å². The molecule has 0 aliphatic rings. The van der Waals surface area contributed by atoms with Crippen LogP contribution in [0, 0.1) is 0 Å². The van der Waals surface area contributed by atoms with Gasteiger partial charge in [-0.15, -0.1) is 0 Å². The van der Waals surface area contributed by atoms with Crippen LogP contribution in [-0.2, 0) is 4.74 Å². The monoisotopic (exact) mass is 265 g/mol. The summed E-state index contributed by atoms with van der Waals surface area (Å²) in [6, 6.07) is 5.21. The van der Waals surface area contributed by atoms with Crippen LogP contribution in [0.5, 0.6) is 0 Å². The first-order valence-corrected chi connectivity index (χ1v) is 6.57. The van der Waals surface area contributed by atoms with Crippen molar-refractivity contribution < 1.29 is 9.53 Å². The first-order chi connectivity index (χ1) is 9.04. The maximum Gasteiger partial charge on any atom is 0.251 e. The van der Waals surface area contributed by atoms with Gasteiger partial charge in [-0.05, 0) is 39.0 Å². The smallest absolute Gasteiger partial charge is 0.251 e. The number of amides is 1. The number of benzene rings is 1. The molecule has 0 atom stereocenters. The van der Waals surface area contributed by atoms with Crippen molar-refractivity contribution in [2.24, 2.45) is 0 Å². The Bertz CT molecular complexity index is 419. The van der Waals surface area contributed by atoms with Gasteiger partial charge in [0, 0.05) is 18.7 Å². The maximum absolute atomic E-state index is 11.7. The van der Waals surface area contributed by atoms with Crippen molar-refractivity contribution in [1.29, 1.82) is 0 Å². The van der Waals surface area contributed by atoms with Crippen LogP contribution in [0.15, 0.2) is 18.2 Å². The van der Waals surface area contributed by atoms with E-state index in [2.05, 4.69) is 10.6 Å². The van der Waals surface area contributed by atoms with Gasteiger partial charge < -0.3 is 21.1 Å². The number of carbonyl (C=O) groups excluding carboxylic acids is 1. The lowest BCUT2D eigenvalue weighted by Crippen LogP contribution is -2.23. The summed E-state index contributed by atoms with van der Waals surface area (Å²) in [4.78, 5) is 11.7. The van der Waals surface area contributed by atoms with E-state index in [9.17, 15) is 4.79 Å². The molecular formula is C14H23N3O2. The van der Waals surface area contributed by atoms with Crippen LogP contribution in [0.3, 0.4) is 0 Å². The van der Waals surface area contributed by atoms with Gasteiger partial charge in [0.05, 0.1) is 24.1 Å². The minimum Gasteiger partial charge on any atom is -0.397 e. The Hall–Kier alpha value is -1.75. The fourth-order valence-corrected chi connectivity index (χ4v) is 1.59. The molecule has 1 aromatic carbocycles. The van der Waals surface area contributed by atoms with Crippen LogP contribution in [0.2, 0.25) is 0 Å². The van der Waals surface area contributed by atoms with Gasteiger partial charge in [-0.3, -0.25) is 4.79 Å². The first-order valence-electron chi connectivity index (χ1n) is 6.57. The summed E-state index contributed by atoms with van der Waals surface area (Å²) in [6.07, 6.45) is 0.209. The van der Waals surface area contributed by atoms with Crippen molar-refractivity contribution in [2.75, 3.05) is 30.7 Å². The fourth-order valence-electron chi connectivity index (χ4n) is 1.59. The Labute approximate surface area is 114 Å². The second kappa shape index (κ2) is 7.63. The Morgan fingerprint density at radius 1 is 1.42 bits per heavy atom. The third-order valence-corrected chi connectivity index (χ3v) is 2.52. The Balaban J connectivity index is 2.61. The number of nitrogen functional groups attached to an aromatic ring is 1. The highest BCUT2D eigenvalue weighted by molar-refractivity contribution is 5.96. The Morgan fingerprint density at radius 3 is 2.79 bits per heavy atom. The number of ether oxygens (including phenoxy) is 1. The molecule has 5 heteroatoms. The molecule has 1 amide bonds. The van der Waals surface area contributed by atoms with Crippen LogP contribution >= 0.6 is 0 Å². The number of nitrogens with one attached hydrogen (secondary N) is 2. The molecule has 0 radical (unpaired) electrons. The molecule has 0 heterocycles. The van der Waals surface area contributed by atoms with Gasteiger partial charge >= 0.3 is 0 Å². The molecule has 0 bridgehead atoms. The van der Waals surface area contributed by atoms with E-state index in [-0.39, 0.29) is 12.0 Å². The van der Waals surface area contributed by atoms with Crippen molar-refractivity contribution in [3.63, 3.8) is 0 Å². The van der Waals surface area contributed by atoms with Crippen LogP contribution in [0.1, 0.15) is 31.1 Å². The first kappa shape index (κ1) is 15.3. The van der Waals surface area contributed by atoms with Gasteiger partial charge in [-0.25, -0.2) is 0 Å². The zero-order valence-electron chi connectivity index (χ0n) is 11.8. The number of hydrogen-bond donors (Lipinski definition) is 3. The predicted molar refractivity (Wildman–Crippen MR) is 78.4 cm³/mol. The topological polar surface area (TPSA) is 76.4 Å². The summed E-state index contributed by atoms with van der Waals surface area (Å²) >= 11 is 0. The van der Waals surface area contributed by atoms with Gasteiger partial charge in [0.2, 0.25) is 0 Å². The lowest BCUT2D eigenvalue weighted by Gasteiger charge is -2.12. The molecule has 0 saturated heterocycles. The molecule has 19 heavy (non-hydrogen) atoms. The lowest BCUT2D eigenvalue weighted by atomic mass is 10.1. The molecule has 0 aromatic heterocycles. The van der Waals surface area contributed by atoms with E-state index in [1.54, 1.807) is 18.2 Å². The molecule has 106 valence electrons. The summed E-state index contributed by atoms with van der Waals surface area (Å²) in [5.41, 5.74) is 7.85. The number of rotatable bonds is 7. The largest absolute Gasteiger partial charge is 0.397 e. The minimum absolute atomic E-state index is 0.0935. The molecule has 0 unspecified atom stereocenters. The van der Waals surface area contributed by atoms with Crippen LogP contribution in [0.25, 0.3) is 0 Å². The minimum atomic E-state index is -0.0935. The quantitative estimate of drug-likeness (QED) is 0.519. The number of anilines is 2. The predicted octanol–water partition coefficient (Wildman–Crippen LogP) is 1.86. The highest BCUT2D eigenvalue weighted by Gasteiger charge is 2.07. The second-order valence-corrected chi connectivity index (χ2v) is 4.51. The van der Waals surface area contributed by atoms with Gasteiger partial charge in [-0.1, -0.05) is 0 Å². The average molecular weight is 265 g/mol. The van der Waals surface area contributed by atoms with Crippen molar-refractivity contribution in [2.45, 2.75) is 26.9 Å². The molecule has 1 aromatic rings. The van der Waals surface area contributed by atoms with E-state index < -0.39 is 0 Å². The molecule has 1 rings (SSSR count). The van der Waals surface area contributed by atoms with E-state index in [4.69, 9.17) is 10.5 Å². The molecule has 0 spiro atoms. The van der Waals surface area contributed by atoms with Gasteiger partial charge in [0.1, 0.15) is 0 Å². The van der Waals surface area contributed by atoms with Crippen molar-refractivity contribution in [1.82, 2.24) is 5.32 Å². The number of carbonyl (C=O) groups is 1. The number of hydrogen-bond acceptors (Lipinski definition) is 4. The third kappa shape index (κ3) is 5.18. The Morgan fingerprint density at radius 2 is 2.16 bits per heavy atom. The third-order valence-electron chi connectivity index (χ3n) is 2.52. The van der Waals surface area contributed by atoms with Gasteiger partial charge in [0.15, 0.2) is 0 Å². The molecule has 0 saturated carbocycles. The van der Waals surface area contributed by atoms with Crippen molar-refractivity contribution in [3.05, 3.63) is 23.8 Å². The normalized spacial score (nSPS) is 10.5. The molecule has 5 nitrogen and oxygen atoms in total. The van der Waals surface area contributed by atoms with Gasteiger partial charge in [-0.2, -0.15) is 0 Å². The SMILES string of the molecule is CCNC(=O)c1ccc(N)c(NCCOC(C)C)c1. The van der Waals surface area contributed by atoms with E-state index in [1.165, 1.54) is 0 Å². The lowest BCUT2D eigenvalue weighted by molar-refractivity contribution is 0.0870. The molecule has 0 aliphatic carbocycles. The van der Waals surface area contributed by atoms with E-state index in [0.29, 0.717) is 30.9 Å². The molecule has 0 fully saturated rings. The average Bonchev–Trinajstić information content (AvgIpc) is 2.36. The zero-order valence-corrected chi connectivity index (χ0v) is 11.8. The van der Waals surface area contributed by atoms with Crippen molar-refractivity contribution in [3.8, 4) is 0 Å². The summed E-state index contributed by atoms with van der Waals surface area (Å²) < 4.78 is 5.44. The van der Waals surface area contributed by atoms with Crippen molar-refractivity contribution >= 4 is 17.3 Å². The summed E-state index contributed by atoms with van der Waals surface area (Å²) in [5, 5.41) is 5.93. The van der Waals surface area contributed by atoms with Crippen LogP contribution in [0.4, 0.5) is 11.4 Å². The van der Waals surface area contributed by atoms with Crippen LogP contribution < -0.4 is 16.4 Å². The summed E-state index contributed by atoms with van der Waals surface area (Å²) in [5.74, 6) is -0.0935. The van der Waals surface area contributed by atoms with Crippen LogP contribution in [-0.4, -0.2) is 31.7 Å². The highest BCUT2D eigenvalue weighted by atomic mass is 16.5. The maximum atomic E-state index is 11.7. The molecule has 4 N–H and O–H groups in total. The summed E-state index contributed by atoms with van der Waals surface area (Å²) in [6.45, 7) is 7.73. The van der Waals surface area contributed by atoms with E-state index >= 15 is 0 Å². The fraction of sp³-hybridized carbons (Fsp3) is 0.500. The van der Waals surface area contributed by atoms with Gasteiger partial charge in [0.25, 0.3) is 5.91 Å². The highest BCUT2D eigenvalue weighted by Crippen LogP contribution is 2.19.